The molecule has 2 heterocycles. The van der Waals surface area contributed by atoms with Gasteiger partial charge in [0.15, 0.2) is 5.13 Å². The largest absolute Gasteiger partial charge is 0.353 e. The zero-order valence-electron chi connectivity index (χ0n) is 12.0. The van der Waals surface area contributed by atoms with Gasteiger partial charge < -0.3 is 15.5 Å². The molecule has 1 amide bonds. The van der Waals surface area contributed by atoms with Crippen LogP contribution in [0.15, 0.2) is 0 Å². The van der Waals surface area contributed by atoms with Crippen molar-refractivity contribution in [3.05, 3.63) is 10.6 Å². The Hall–Kier alpha value is -1.14. The van der Waals surface area contributed by atoms with E-state index in [9.17, 15) is 4.79 Å². The van der Waals surface area contributed by atoms with Gasteiger partial charge in [-0.05, 0) is 27.3 Å². The number of hydrogen-bond acceptors (Lipinski definition) is 5. The van der Waals surface area contributed by atoms with Crippen LogP contribution < -0.4 is 15.5 Å². The third-order valence-electron chi connectivity index (χ3n) is 3.61. The van der Waals surface area contributed by atoms with E-state index < -0.39 is 0 Å². The monoisotopic (exact) mass is 282 g/mol. The van der Waals surface area contributed by atoms with Crippen molar-refractivity contribution >= 4 is 22.4 Å². The Morgan fingerprint density at radius 3 is 3.00 bits per heavy atom. The van der Waals surface area contributed by atoms with Crippen molar-refractivity contribution in [2.24, 2.45) is 0 Å². The van der Waals surface area contributed by atoms with Crippen LogP contribution in [-0.4, -0.2) is 37.1 Å². The maximum absolute atomic E-state index is 11.9. The lowest BCUT2D eigenvalue weighted by molar-refractivity contribution is -0.123. The first kappa shape index (κ1) is 14.3. The highest BCUT2D eigenvalue weighted by molar-refractivity contribution is 7.15. The number of amides is 1. The molecular weight excluding hydrogens is 260 g/mol. The number of thiazole rings is 1. The van der Waals surface area contributed by atoms with Crippen molar-refractivity contribution in [2.45, 2.75) is 39.3 Å². The summed E-state index contributed by atoms with van der Waals surface area (Å²) < 4.78 is 0. The summed E-state index contributed by atoms with van der Waals surface area (Å²) in [5.41, 5.74) is 1.06. The quantitative estimate of drug-likeness (QED) is 0.877. The lowest BCUT2D eigenvalue weighted by Crippen LogP contribution is -2.55. The van der Waals surface area contributed by atoms with Gasteiger partial charge in [0.1, 0.15) is 6.04 Å². The summed E-state index contributed by atoms with van der Waals surface area (Å²) in [5.74, 6) is 0.116. The number of piperazine rings is 1. The molecular formula is C13H22N4OS. The zero-order valence-corrected chi connectivity index (χ0v) is 12.8. The normalized spacial score (nSPS) is 21.4. The molecule has 2 N–H and O–H groups in total. The highest BCUT2D eigenvalue weighted by Crippen LogP contribution is 2.32. The van der Waals surface area contributed by atoms with Gasteiger partial charge in [-0.2, -0.15) is 0 Å². The van der Waals surface area contributed by atoms with Crippen LogP contribution in [-0.2, 0) is 4.79 Å². The van der Waals surface area contributed by atoms with Crippen molar-refractivity contribution in [3.8, 4) is 0 Å². The Balaban J connectivity index is 2.28. The zero-order chi connectivity index (χ0) is 14.0. The van der Waals surface area contributed by atoms with Gasteiger partial charge in [-0.3, -0.25) is 4.79 Å². The fourth-order valence-electron chi connectivity index (χ4n) is 2.40. The molecule has 0 radical (unpaired) electrons. The minimum absolute atomic E-state index is 0.0861. The second kappa shape index (κ2) is 5.88. The van der Waals surface area contributed by atoms with Crippen LogP contribution in [0, 0.1) is 6.92 Å². The molecule has 1 fully saturated rings. The Morgan fingerprint density at radius 2 is 2.37 bits per heavy atom. The number of rotatable bonds is 4. The minimum atomic E-state index is -0.0861. The lowest BCUT2D eigenvalue weighted by atomic mass is 10.1. The van der Waals surface area contributed by atoms with E-state index in [1.807, 2.05) is 20.9 Å². The topological polar surface area (TPSA) is 57.3 Å². The van der Waals surface area contributed by atoms with Gasteiger partial charge in [0, 0.05) is 24.0 Å². The average Bonchev–Trinajstić information content (AvgIpc) is 2.79. The van der Waals surface area contributed by atoms with E-state index in [0.29, 0.717) is 12.6 Å². The molecule has 6 heteroatoms. The molecule has 0 bridgehead atoms. The summed E-state index contributed by atoms with van der Waals surface area (Å²) in [6.07, 6.45) is 0.807. The summed E-state index contributed by atoms with van der Waals surface area (Å²) in [7, 11) is 1.95. The van der Waals surface area contributed by atoms with E-state index in [1.165, 1.54) is 4.88 Å². The molecule has 1 aliphatic rings. The second-order valence-electron chi connectivity index (χ2n) is 4.86. The third kappa shape index (κ3) is 2.74. The van der Waals surface area contributed by atoms with E-state index >= 15 is 0 Å². The number of carbonyl (C=O) groups excluding carboxylic acids is 1. The maximum atomic E-state index is 11.9. The average molecular weight is 282 g/mol. The summed E-state index contributed by atoms with van der Waals surface area (Å²) in [5, 5.41) is 7.14. The van der Waals surface area contributed by atoms with E-state index in [0.717, 1.165) is 23.8 Å². The van der Waals surface area contributed by atoms with Gasteiger partial charge in [0.25, 0.3) is 0 Å². The highest BCUT2D eigenvalue weighted by Gasteiger charge is 2.30. The van der Waals surface area contributed by atoms with Crippen molar-refractivity contribution in [1.82, 2.24) is 15.6 Å². The lowest BCUT2D eigenvalue weighted by Gasteiger charge is -2.34. The molecule has 5 nitrogen and oxygen atoms in total. The fourth-order valence-corrected chi connectivity index (χ4v) is 3.60. The predicted molar refractivity (Wildman–Crippen MR) is 78.8 cm³/mol. The molecule has 0 aromatic carbocycles. The molecule has 1 saturated heterocycles. The van der Waals surface area contributed by atoms with E-state index in [1.54, 1.807) is 11.3 Å². The summed E-state index contributed by atoms with van der Waals surface area (Å²) in [6, 6.07) is 0.210. The van der Waals surface area contributed by atoms with Crippen molar-refractivity contribution in [2.75, 3.05) is 25.0 Å². The van der Waals surface area contributed by atoms with Crippen LogP contribution in [0.5, 0.6) is 0 Å². The SMILES string of the molecule is CCC1C(=O)NCCN1c1nc(C)c(C(C)NC)s1. The number of hydrogen-bond donors (Lipinski definition) is 2. The molecule has 2 unspecified atom stereocenters. The summed E-state index contributed by atoms with van der Waals surface area (Å²) >= 11 is 1.69. The minimum Gasteiger partial charge on any atom is -0.353 e. The number of carbonyl (C=O) groups is 1. The standard InChI is InChI=1S/C13H22N4OS/c1-5-10-12(18)15-6-7-17(10)13-16-9(3)11(19-13)8(2)14-4/h8,10,14H,5-7H2,1-4H3,(H,15,18). The van der Waals surface area contributed by atoms with Gasteiger partial charge in [-0.25, -0.2) is 4.98 Å². The van der Waals surface area contributed by atoms with Crippen LogP contribution in [0.25, 0.3) is 0 Å². The Kier molecular flexibility index (Phi) is 4.42. The Labute approximate surface area is 118 Å². The first-order valence-corrected chi connectivity index (χ1v) is 7.59. The molecule has 106 valence electrons. The molecule has 0 saturated carbocycles. The van der Waals surface area contributed by atoms with Crippen molar-refractivity contribution < 1.29 is 4.79 Å². The van der Waals surface area contributed by atoms with Crippen LogP contribution in [0.3, 0.4) is 0 Å². The Morgan fingerprint density at radius 1 is 1.63 bits per heavy atom. The fraction of sp³-hybridized carbons (Fsp3) is 0.692. The van der Waals surface area contributed by atoms with Gasteiger partial charge >= 0.3 is 0 Å². The van der Waals surface area contributed by atoms with Crippen LogP contribution >= 0.6 is 11.3 Å². The first-order chi connectivity index (χ1) is 9.08. The van der Waals surface area contributed by atoms with Crippen molar-refractivity contribution in [1.29, 1.82) is 0 Å². The molecule has 0 aliphatic carbocycles. The molecule has 1 aromatic heterocycles. The number of anilines is 1. The second-order valence-corrected chi connectivity index (χ2v) is 5.87. The highest BCUT2D eigenvalue weighted by atomic mass is 32.1. The molecule has 1 aliphatic heterocycles. The molecule has 19 heavy (non-hydrogen) atoms. The van der Waals surface area contributed by atoms with Gasteiger partial charge in [0.05, 0.1) is 5.69 Å². The molecule has 0 spiro atoms. The number of aromatic nitrogens is 1. The molecule has 2 atom stereocenters. The number of nitrogens with zero attached hydrogens (tertiary/aromatic N) is 2. The molecule has 2 rings (SSSR count). The van der Waals surface area contributed by atoms with Crippen LogP contribution in [0.1, 0.15) is 36.9 Å². The van der Waals surface area contributed by atoms with Gasteiger partial charge in [-0.15, -0.1) is 0 Å². The van der Waals surface area contributed by atoms with Crippen LogP contribution in [0.4, 0.5) is 5.13 Å². The van der Waals surface area contributed by atoms with Gasteiger partial charge in [0.2, 0.25) is 5.91 Å². The smallest absolute Gasteiger partial charge is 0.242 e. The maximum Gasteiger partial charge on any atom is 0.242 e. The first-order valence-electron chi connectivity index (χ1n) is 6.77. The van der Waals surface area contributed by atoms with Crippen LogP contribution in [0.2, 0.25) is 0 Å². The molecule has 1 aromatic rings. The number of nitrogens with one attached hydrogen (secondary N) is 2. The predicted octanol–water partition coefficient (Wildman–Crippen LogP) is 1.45. The van der Waals surface area contributed by atoms with E-state index in [-0.39, 0.29) is 11.9 Å². The van der Waals surface area contributed by atoms with E-state index in [2.05, 4.69) is 27.4 Å². The van der Waals surface area contributed by atoms with Gasteiger partial charge in [-0.1, -0.05) is 18.3 Å². The summed E-state index contributed by atoms with van der Waals surface area (Å²) in [4.78, 5) is 20.0. The Bertz CT molecular complexity index is 459. The van der Waals surface area contributed by atoms with E-state index in [4.69, 9.17) is 0 Å². The third-order valence-corrected chi connectivity index (χ3v) is 4.99. The number of aryl methyl sites for hydroxylation is 1. The summed E-state index contributed by atoms with van der Waals surface area (Å²) in [6.45, 7) is 7.74. The van der Waals surface area contributed by atoms with Crippen molar-refractivity contribution in [3.63, 3.8) is 0 Å².